The van der Waals surface area contributed by atoms with Gasteiger partial charge in [-0.15, -0.1) is 22.7 Å². The number of nitrogens with zero attached hydrogens (tertiary/aromatic N) is 9. The molecule has 424 valence electrons. The van der Waals surface area contributed by atoms with E-state index in [9.17, 15) is 23.2 Å². The van der Waals surface area contributed by atoms with Gasteiger partial charge < -0.3 is 51.4 Å². The van der Waals surface area contributed by atoms with E-state index < -0.39 is 22.8 Å². The molecule has 2 amide bonds. The van der Waals surface area contributed by atoms with Crippen molar-refractivity contribution in [2.24, 2.45) is 11.5 Å². The van der Waals surface area contributed by atoms with E-state index in [0.29, 0.717) is 65.4 Å². The summed E-state index contributed by atoms with van der Waals surface area (Å²) in [5, 5.41) is 7.24. The molecule has 20 nitrogen and oxygen atoms in total. The molecular weight excluding hydrogens is 1080 g/mol. The molecule has 5 aromatic heterocycles. The topological polar surface area (TPSA) is 236 Å². The molecule has 2 aliphatic heterocycles. The number of nitrogens with one attached hydrogen (secondary N) is 2. The molecule has 0 atom stereocenters. The molecule has 79 heavy (non-hydrogen) atoms. The van der Waals surface area contributed by atoms with Gasteiger partial charge in [0.05, 0.1) is 31.6 Å². The number of nitrogens with two attached hydrogens (primary N) is 2. The second-order valence-corrected chi connectivity index (χ2v) is 22.3. The van der Waals surface area contributed by atoms with E-state index in [4.69, 9.17) is 40.4 Å². The normalized spacial score (nSPS) is 14.1. The van der Waals surface area contributed by atoms with Gasteiger partial charge in [0.2, 0.25) is 11.7 Å². The number of amides is 2. The maximum atomic E-state index is 14.1. The minimum atomic E-state index is -0.514. The molecule has 0 bridgehead atoms. The molecule has 0 spiro atoms. The first-order valence-corrected chi connectivity index (χ1v) is 26.9. The average Bonchev–Trinajstić information content (AvgIpc) is 4.19. The predicted octanol–water partition coefficient (Wildman–Crippen LogP) is 4.69. The Hall–Kier alpha value is -7.57. The van der Waals surface area contributed by atoms with Crippen LogP contribution in [0.25, 0.3) is 43.8 Å². The largest absolute Gasteiger partial charge is 1.00 e. The molecule has 2 aliphatic rings. The van der Waals surface area contributed by atoms with Crippen LogP contribution in [-0.2, 0) is 9.47 Å². The minimum Gasteiger partial charge on any atom is -1.00 e. The fourth-order valence-electron chi connectivity index (χ4n) is 8.41. The molecule has 9 rings (SSSR count). The lowest BCUT2D eigenvalue weighted by Gasteiger charge is -2.33. The Balaban J connectivity index is 0.000000207. The van der Waals surface area contributed by atoms with Crippen LogP contribution in [0.2, 0.25) is 0 Å². The van der Waals surface area contributed by atoms with Crippen LogP contribution in [0, 0.1) is 11.6 Å². The molecule has 0 aliphatic carbocycles. The maximum Gasteiger partial charge on any atom is 0.410 e. The number of fused-ring (bicyclic) bond motifs is 2. The van der Waals surface area contributed by atoms with Crippen LogP contribution in [-0.4, -0.2) is 145 Å². The van der Waals surface area contributed by atoms with E-state index in [1.165, 1.54) is 55.1 Å². The van der Waals surface area contributed by atoms with Crippen molar-refractivity contribution >= 4 is 62.5 Å². The highest BCUT2D eigenvalue weighted by atomic mass is 35.5. The summed E-state index contributed by atoms with van der Waals surface area (Å²) in [6.07, 6.45) is 11.3. The van der Waals surface area contributed by atoms with Crippen molar-refractivity contribution in [2.75, 3.05) is 59.8 Å². The summed E-state index contributed by atoms with van der Waals surface area (Å²) in [6.45, 7) is 13.7. The molecule has 6 N–H and O–H groups in total. The third-order valence-corrected chi connectivity index (χ3v) is 13.5. The summed E-state index contributed by atoms with van der Waals surface area (Å²) >= 11 is 2.94. The molecular formula is C54H68ClF2N13O7S2. The summed E-state index contributed by atoms with van der Waals surface area (Å²) in [5.74, 6) is -0.0500. The Bertz CT molecular complexity index is 3270. The summed E-state index contributed by atoms with van der Waals surface area (Å²) < 4.78 is 52.5. The molecule has 0 saturated carbocycles. The number of carbonyl (C=O) groups is 3. The summed E-state index contributed by atoms with van der Waals surface area (Å²) in [4.78, 5) is 65.1. The van der Waals surface area contributed by atoms with Gasteiger partial charge in [0.1, 0.15) is 28.3 Å². The zero-order chi connectivity index (χ0) is 56.5. The van der Waals surface area contributed by atoms with E-state index in [-0.39, 0.29) is 59.9 Å². The van der Waals surface area contributed by atoms with Gasteiger partial charge in [0, 0.05) is 99.1 Å². The number of guanidine groups is 1. The van der Waals surface area contributed by atoms with Crippen molar-refractivity contribution in [2.45, 2.75) is 90.5 Å². The smallest absolute Gasteiger partial charge is 0.410 e. The number of methoxy groups -OCH3 is 2. The van der Waals surface area contributed by atoms with Crippen LogP contribution < -0.4 is 43.7 Å². The molecule has 2 saturated heterocycles. The Morgan fingerprint density at radius 1 is 0.747 bits per heavy atom. The third-order valence-electron chi connectivity index (χ3n) is 12.0. The first-order chi connectivity index (χ1) is 37.0. The van der Waals surface area contributed by atoms with Crippen molar-refractivity contribution in [3.63, 3.8) is 0 Å². The molecule has 2 aromatic carbocycles. The highest BCUT2D eigenvalue weighted by molar-refractivity contribution is 7.15. The Morgan fingerprint density at radius 2 is 1.25 bits per heavy atom. The zero-order valence-corrected chi connectivity index (χ0v) is 48.3. The molecule has 0 radical (unpaired) electrons. The van der Waals surface area contributed by atoms with Crippen LogP contribution in [0.3, 0.4) is 0 Å². The zero-order valence-electron chi connectivity index (χ0n) is 45.9. The highest BCUT2D eigenvalue weighted by Crippen LogP contribution is 2.36. The third kappa shape index (κ3) is 16.0. The van der Waals surface area contributed by atoms with E-state index in [2.05, 4.69) is 20.3 Å². The fourth-order valence-corrected chi connectivity index (χ4v) is 9.84. The Labute approximate surface area is 471 Å². The van der Waals surface area contributed by atoms with E-state index in [0.717, 1.165) is 41.9 Å². The van der Waals surface area contributed by atoms with Crippen molar-refractivity contribution in [1.29, 1.82) is 0 Å². The number of rotatable bonds is 11. The van der Waals surface area contributed by atoms with E-state index in [1.54, 1.807) is 62.0 Å². The molecule has 7 aromatic rings. The number of hydrogen-bond acceptors (Lipinski definition) is 15. The lowest BCUT2D eigenvalue weighted by atomic mass is 10.1. The van der Waals surface area contributed by atoms with Crippen molar-refractivity contribution < 1.29 is 59.5 Å². The lowest BCUT2D eigenvalue weighted by Crippen LogP contribution is -3.00. The monoisotopic (exact) mass is 1150 g/mol. The van der Waals surface area contributed by atoms with Crippen molar-refractivity contribution in [3.05, 3.63) is 101 Å². The summed E-state index contributed by atoms with van der Waals surface area (Å²) in [6, 6.07) is 11.4. The number of benzene rings is 2. The first kappa shape index (κ1) is 60.7. The standard InChI is InChI=1S/C26H29FN6O3S.C17H16FN3O2S.C11H22N4O2.ClH/c1-26(2,3)36-25(34)32-11-8-17(9-12-32)29-23-28-10-7-19(30-23)22-21(31-24-33(22)13-14-37-24)16-5-6-18(27)20(15-16)35-4;1-20(2)7-6-13(22)16-15(19-17-21(16)8-9-24-17)11-4-5-12(18)14(10-11)23-3;1-11(2,3)17-10(16)15-6-4-8(5-7-15)14-9(12)13;/h5-7,10,13-15,17H,8-9,11-12H2,1-4H3,(H,28,29,30);4-10H,1-3H3;8H,4-7H2,1-3H3,(H4,12,13,14);1H. The van der Waals surface area contributed by atoms with Gasteiger partial charge in [-0.25, -0.2) is 38.3 Å². The van der Waals surface area contributed by atoms with E-state index >= 15 is 0 Å². The first-order valence-electron chi connectivity index (χ1n) is 25.2. The van der Waals surface area contributed by atoms with Gasteiger partial charge >= 0.3 is 18.1 Å². The average molecular weight is 1150 g/mol. The number of likely N-dealkylation sites (tertiary alicyclic amines) is 2. The number of thiazole rings is 2. The second kappa shape index (κ2) is 26.4. The van der Waals surface area contributed by atoms with Crippen molar-refractivity contribution in [1.82, 2.24) is 43.4 Å². The highest BCUT2D eigenvalue weighted by Gasteiger charge is 2.29. The lowest BCUT2D eigenvalue weighted by molar-refractivity contribution is -0.509. The predicted molar refractivity (Wildman–Crippen MR) is 298 cm³/mol. The van der Waals surface area contributed by atoms with Gasteiger partial charge in [-0.2, -0.15) is 0 Å². The summed E-state index contributed by atoms with van der Waals surface area (Å²) in [7, 11) is 6.52. The number of halogens is 3. The van der Waals surface area contributed by atoms with Gasteiger partial charge in [-0.05, 0) is 110 Å². The number of ether oxygens (including phenoxy) is 4. The SMILES string of the molecule is CC(C)(C)OC(=O)N1CCC([NH+]=C(N)N)CC1.COc1cc(-c2nc3sccn3c2-c2ccnc(NC3CCN(C(=O)OC(C)(C)C)CC3)n2)ccc1F.COc1cc(-c2nc3sccn3c2C(=O)C=CN(C)C)ccc1F.[Cl-]. The number of hydrogen-bond donors (Lipinski definition) is 4. The number of piperidine rings is 2. The van der Waals surface area contributed by atoms with Crippen LogP contribution in [0.1, 0.15) is 77.7 Å². The number of anilines is 1. The number of allylic oxidation sites excluding steroid dienone is 1. The number of aromatic nitrogens is 6. The number of ketones is 1. The van der Waals surface area contributed by atoms with Crippen LogP contribution in [0.5, 0.6) is 11.5 Å². The maximum absolute atomic E-state index is 14.1. The fraction of sp³-hybridized carbons (Fsp3) is 0.407. The van der Waals surface area contributed by atoms with Crippen LogP contribution >= 0.6 is 22.7 Å². The number of carbonyl (C=O) groups excluding carboxylic acids is 3. The second-order valence-electron chi connectivity index (χ2n) is 20.6. The van der Waals surface area contributed by atoms with Crippen LogP contribution in [0.15, 0.2) is 84.1 Å². The van der Waals surface area contributed by atoms with Crippen LogP contribution in [0.4, 0.5) is 24.3 Å². The number of imidazole rings is 2. The molecule has 25 heteroatoms. The molecule has 7 heterocycles. The van der Waals surface area contributed by atoms with Gasteiger partial charge in [-0.1, -0.05) is 0 Å². The molecule has 2 fully saturated rings. The molecule has 0 unspecified atom stereocenters. The van der Waals surface area contributed by atoms with E-state index in [1.807, 2.05) is 83.1 Å². The van der Waals surface area contributed by atoms with Gasteiger partial charge in [-0.3, -0.25) is 30.1 Å². The quantitative estimate of drug-likeness (QED) is 0.0595. The Morgan fingerprint density at radius 3 is 1.77 bits per heavy atom. The summed E-state index contributed by atoms with van der Waals surface area (Å²) in [5.41, 5.74) is 14.3. The minimum absolute atomic E-state index is 0. The van der Waals surface area contributed by atoms with Crippen molar-refractivity contribution in [3.8, 4) is 45.4 Å². The van der Waals surface area contributed by atoms with Gasteiger partial charge in [0.15, 0.2) is 33.1 Å². The van der Waals surface area contributed by atoms with Gasteiger partial charge in [0.25, 0.3) is 0 Å². The Kier molecular flexibility index (Phi) is 20.3.